The van der Waals surface area contributed by atoms with Crippen LogP contribution < -0.4 is 10.5 Å². The Bertz CT molecular complexity index is 659. The Balaban J connectivity index is 2.13. The van der Waals surface area contributed by atoms with Crippen molar-refractivity contribution in [2.75, 3.05) is 0 Å². The Labute approximate surface area is 131 Å². The van der Waals surface area contributed by atoms with Crippen LogP contribution >= 0.6 is 34.8 Å². The average Bonchev–Trinajstić information content (AvgIpc) is 2.40. The molecule has 0 saturated heterocycles. The first-order valence-electron chi connectivity index (χ1n) is 5.68. The van der Waals surface area contributed by atoms with Gasteiger partial charge < -0.3 is 10.5 Å². The smallest absolute Gasteiger partial charge is 0.124 e. The van der Waals surface area contributed by atoms with Gasteiger partial charge >= 0.3 is 0 Å². The first-order valence-corrected chi connectivity index (χ1v) is 6.82. The molecular weight excluding hydrogens is 319 g/mol. The minimum Gasteiger partial charge on any atom is -0.489 e. The lowest BCUT2D eigenvalue weighted by atomic mass is 10.2. The molecule has 0 fully saturated rings. The highest BCUT2D eigenvalue weighted by Gasteiger charge is 2.07. The molecule has 20 heavy (non-hydrogen) atoms. The van der Waals surface area contributed by atoms with Crippen LogP contribution in [0.1, 0.15) is 11.1 Å². The number of hydrogen-bond donors (Lipinski definition) is 2. The Hall–Kier alpha value is -1.42. The summed E-state index contributed by atoms with van der Waals surface area (Å²) in [7, 11) is 0. The van der Waals surface area contributed by atoms with Gasteiger partial charge in [0, 0.05) is 11.1 Å². The number of benzene rings is 2. The molecule has 0 aliphatic heterocycles. The summed E-state index contributed by atoms with van der Waals surface area (Å²) in [5, 5.41) is 8.68. The predicted molar refractivity (Wildman–Crippen MR) is 83.3 cm³/mol. The number of nitrogens with one attached hydrogen (secondary N) is 1. The number of nitrogens with two attached hydrogens (primary N) is 1. The third-order valence-electron chi connectivity index (χ3n) is 2.66. The van der Waals surface area contributed by atoms with E-state index in [-0.39, 0.29) is 12.4 Å². The van der Waals surface area contributed by atoms with E-state index in [2.05, 4.69) is 0 Å². The molecule has 6 heteroatoms. The van der Waals surface area contributed by atoms with Crippen LogP contribution in [0.15, 0.2) is 36.4 Å². The number of hydrogen-bond acceptors (Lipinski definition) is 2. The number of halogens is 3. The van der Waals surface area contributed by atoms with E-state index in [9.17, 15) is 0 Å². The van der Waals surface area contributed by atoms with Gasteiger partial charge in [0.15, 0.2) is 0 Å². The van der Waals surface area contributed by atoms with Crippen LogP contribution in [0.3, 0.4) is 0 Å². The zero-order chi connectivity index (χ0) is 14.7. The fourth-order valence-electron chi connectivity index (χ4n) is 1.63. The van der Waals surface area contributed by atoms with Crippen LogP contribution in [0.2, 0.25) is 15.1 Å². The van der Waals surface area contributed by atoms with Crippen molar-refractivity contribution in [3.8, 4) is 5.75 Å². The molecule has 2 rings (SSSR count). The normalized spacial score (nSPS) is 10.3. The molecule has 104 valence electrons. The maximum atomic E-state index is 7.36. The number of ether oxygens (including phenoxy) is 1. The van der Waals surface area contributed by atoms with E-state index in [4.69, 9.17) is 50.7 Å². The van der Waals surface area contributed by atoms with E-state index >= 15 is 0 Å². The second-order valence-electron chi connectivity index (χ2n) is 4.06. The second-order valence-corrected chi connectivity index (χ2v) is 5.25. The SMILES string of the molecule is N=C(N)c1ccc(OCc2cccc(Cl)c2Cl)cc1Cl. The zero-order valence-electron chi connectivity index (χ0n) is 10.3. The quantitative estimate of drug-likeness (QED) is 0.640. The Morgan fingerprint density at radius 3 is 2.50 bits per heavy atom. The topological polar surface area (TPSA) is 59.1 Å². The molecule has 0 heterocycles. The summed E-state index contributed by atoms with van der Waals surface area (Å²) in [6.07, 6.45) is 0. The summed E-state index contributed by atoms with van der Waals surface area (Å²) in [4.78, 5) is 0. The van der Waals surface area contributed by atoms with Crippen LogP contribution in [0.4, 0.5) is 0 Å². The van der Waals surface area contributed by atoms with Gasteiger partial charge in [-0.05, 0) is 24.3 Å². The van der Waals surface area contributed by atoms with Gasteiger partial charge in [0.2, 0.25) is 0 Å². The highest BCUT2D eigenvalue weighted by Crippen LogP contribution is 2.27. The minimum atomic E-state index is -0.0839. The lowest BCUT2D eigenvalue weighted by Crippen LogP contribution is -2.11. The third-order valence-corrected chi connectivity index (χ3v) is 3.83. The summed E-state index contributed by atoms with van der Waals surface area (Å²) in [6, 6.07) is 10.3. The molecule has 0 bridgehead atoms. The Kier molecular flexibility index (Phi) is 4.76. The monoisotopic (exact) mass is 328 g/mol. The molecule has 0 radical (unpaired) electrons. The van der Waals surface area contributed by atoms with Gasteiger partial charge in [-0.15, -0.1) is 0 Å². The molecular formula is C14H11Cl3N2O. The molecule has 2 aromatic carbocycles. The van der Waals surface area contributed by atoms with E-state index in [1.165, 1.54) is 0 Å². The molecule has 0 aliphatic rings. The summed E-state index contributed by atoms with van der Waals surface area (Å²) in [6.45, 7) is 0.273. The van der Waals surface area contributed by atoms with Crippen molar-refractivity contribution < 1.29 is 4.74 Å². The summed E-state index contributed by atoms with van der Waals surface area (Å²) in [5.41, 5.74) is 6.65. The van der Waals surface area contributed by atoms with Crippen molar-refractivity contribution in [1.82, 2.24) is 0 Å². The average molecular weight is 330 g/mol. The van der Waals surface area contributed by atoms with E-state index in [0.717, 1.165) is 5.56 Å². The van der Waals surface area contributed by atoms with E-state index in [0.29, 0.717) is 26.4 Å². The van der Waals surface area contributed by atoms with Crippen molar-refractivity contribution in [3.05, 3.63) is 62.6 Å². The van der Waals surface area contributed by atoms with Crippen LogP contribution in [-0.2, 0) is 6.61 Å². The first kappa shape index (κ1) is 15.0. The lowest BCUT2D eigenvalue weighted by Gasteiger charge is -2.10. The van der Waals surface area contributed by atoms with Gasteiger partial charge in [-0.2, -0.15) is 0 Å². The van der Waals surface area contributed by atoms with E-state index in [1.54, 1.807) is 30.3 Å². The first-order chi connectivity index (χ1) is 9.49. The lowest BCUT2D eigenvalue weighted by molar-refractivity contribution is 0.306. The van der Waals surface area contributed by atoms with Gasteiger partial charge in [0.1, 0.15) is 18.2 Å². The van der Waals surface area contributed by atoms with Gasteiger partial charge in [0.25, 0.3) is 0 Å². The summed E-state index contributed by atoms with van der Waals surface area (Å²) < 4.78 is 5.60. The molecule has 0 atom stereocenters. The van der Waals surface area contributed by atoms with Crippen molar-refractivity contribution in [2.24, 2.45) is 5.73 Å². The van der Waals surface area contributed by atoms with E-state index < -0.39 is 0 Å². The van der Waals surface area contributed by atoms with Gasteiger partial charge in [0.05, 0.1) is 15.1 Å². The largest absolute Gasteiger partial charge is 0.489 e. The fourth-order valence-corrected chi connectivity index (χ4v) is 2.27. The second kappa shape index (κ2) is 6.35. The fraction of sp³-hybridized carbons (Fsp3) is 0.0714. The highest BCUT2D eigenvalue weighted by molar-refractivity contribution is 6.42. The molecule has 0 unspecified atom stereocenters. The highest BCUT2D eigenvalue weighted by atomic mass is 35.5. The van der Waals surface area contributed by atoms with Gasteiger partial charge in [-0.3, -0.25) is 5.41 Å². The Morgan fingerprint density at radius 1 is 1.10 bits per heavy atom. The molecule has 0 amide bonds. The Morgan fingerprint density at radius 2 is 1.85 bits per heavy atom. The van der Waals surface area contributed by atoms with E-state index in [1.807, 2.05) is 6.07 Å². The molecule has 0 spiro atoms. The van der Waals surface area contributed by atoms with Gasteiger partial charge in [-0.1, -0.05) is 46.9 Å². The zero-order valence-corrected chi connectivity index (χ0v) is 12.6. The van der Waals surface area contributed by atoms with Crippen molar-refractivity contribution in [3.63, 3.8) is 0 Å². The summed E-state index contributed by atoms with van der Waals surface area (Å²) >= 11 is 18.0. The van der Waals surface area contributed by atoms with Crippen LogP contribution in [0.5, 0.6) is 5.75 Å². The minimum absolute atomic E-state index is 0.0839. The standard InChI is InChI=1S/C14H11Cl3N2O/c15-11-3-1-2-8(13(11)17)7-20-9-4-5-10(14(18)19)12(16)6-9/h1-6H,7H2,(H3,18,19). The molecule has 3 N–H and O–H groups in total. The van der Waals surface area contributed by atoms with Crippen LogP contribution in [0.25, 0.3) is 0 Å². The van der Waals surface area contributed by atoms with Crippen molar-refractivity contribution in [2.45, 2.75) is 6.61 Å². The molecule has 2 aromatic rings. The third kappa shape index (κ3) is 3.37. The maximum Gasteiger partial charge on any atom is 0.124 e. The number of amidine groups is 1. The van der Waals surface area contributed by atoms with Crippen molar-refractivity contribution >= 4 is 40.6 Å². The maximum absolute atomic E-state index is 7.36. The number of nitrogen functional groups attached to an aromatic ring is 1. The molecule has 0 saturated carbocycles. The number of rotatable bonds is 4. The van der Waals surface area contributed by atoms with Gasteiger partial charge in [-0.25, -0.2) is 0 Å². The molecule has 0 aliphatic carbocycles. The summed E-state index contributed by atoms with van der Waals surface area (Å²) in [5.74, 6) is 0.482. The molecule has 0 aromatic heterocycles. The molecule has 3 nitrogen and oxygen atoms in total. The van der Waals surface area contributed by atoms with Crippen molar-refractivity contribution in [1.29, 1.82) is 5.41 Å². The van der Waals surface area contributed by atoms with Crippen LogP contribution in [-0.4, -0.2) is 5.84 Å². The predicted octanol–water partition coefficient (Wildman–Crippen LogP) is 4.51. The van der Waals surface area contributed by atoms with Crippen LogP contribution in [0, 0.1) is 5.41 Å².